The number of anilines is 1. The lowest BCUT2D eigenvalue weighted by Crippen LogP contribution is -2.24. The molecule has 1 aromatic heterocycles. The number of hydrogen-bond acceptors (Lipinski definition) is 4. The summed E-state index contributed by atoms with van der Waals surface area (Å²) in [6, 6.07) is 0. The topological polar surface area (TPSA) is 46.1 Å². The standard InChI is InChI=1S/C11H16BrN3OS/c1-3-7(4-2)10-13-14-11(17-10)15-6-8(12)5-9(15)16/h7-8H,3-6H2,1-2H3. The van der Waals surface area contributed by atoms with E-state index in [-0.39, 0.29) is 10.7 Å². The number of amides is 1. The molecule has 0 N–H and O–H groups in total. The SMILES string of the molecule is CCC(CC)c1nnc(N2CC(Br)CC2=O)s1. The van der Waals surface area contributed by atoms with Crippen molar-refractivity contribution < 1.29 is 4.79 Å². The van der Waals surface area contributed by atoms with Crippen molar-refractivity contribution in [1.82, 2.24) is 10.2 Å². The van der Waals surface area contributed by atoms with Gasteiger partial charge in [-0.25, -0.2) is 0 Å². The molecular formula is C11H16BrN3OS. The van der Waals surface area contributed by atoms with Crippen molar-refractivity contribution in [3.05, 3.63) is 5.01 Å². The zero-order valence-corrected chi connectivity index (χ0v) is 12.4. The fourth-order valence-electron chi connectivity index (χ4n) is 1.99. The van der Waals surface area contributed by atoms with Crippen LogP contribution in [-0.4, -0.2) is 27.5 Å². The third-order valence-electron chi connectivity index (χ3n) is 3.07. The minimum absolute atomic E-state index is 0.138. The molecule has 0 saturated carbocycles. The van der Waals surface area contributed by atoms with E-state index < -0.39 is 0 Å². The quantitative estimate of drug-likeness (QED) is 0.802. The predicted octanol–water partition coefficient (Wildman–Crippen LogP) is 2.94. The van der Waals surface area contributed by atoms with Crippen molar-refractivity contribution >= 4 is 38.3 Å². The van der Waals surface area contributed by atoms with Gasteiger partial charge in [-0.2, -0.15) is 0 Å². The van der Waals surface area contributed by atoms with Crippen LogP contribution in [0.2, 0.25) is 0 Å². The second-order valence-electron chi connectivity index (χ2n) is 4.24. The lowest BCUT2D eigenvalue weighted by Gasteiger charge is -2.10. The highest BCUT2D eigenvalue weighted by atomic mass is 79.9. The van der Waals surface area contributed by atoms with Gasteiger partial charge in [0.2, 0.25) is 11.0 Å². The molecule has 1 amide bonds. The molecule has 0 aliphatic carbocycles. The van der Waals surface area contributed by atoms with Gasteiger partial charge in [-0.3, -0.25) is 9.69 Å². The molecule has 1 atom stereocenters. The van der Waals surface area contributed by atoms with Crippen LogP contribution in [0.25, 0.3) is 0 Å². The first-order valence-electron chi connectivity index (χ1n) is 5.93. The van der Waals surface area contributed by atoms with Gasteiger partial charge in [0.05, 0.1) is 0 Å². The average Bonchev–Trinajstić information content (AvgIpc) is 2.87. The Hall–Kier alpha value is -0.490. The van der Waals surface area contributed by atoms with Crippen molar-refractivity contribution in [2.24, 2.45) is 0 Å². The normalized spacial score (nSPS) is 20.6. The first-order valence-corrected chi connectivity index (χ1v) is 7.66. The van der Waals surface area contributed by atoms with E-state index in [2.05, 4.69) is 40.0 Å². The van der Waals surface area contributed by atoms with E-state index in [0.717, 1.165) is 23.0 Å². The summed E-state index contributed by atoms with van der Waals surface area (Å²) in [5, 5.41) is 10.2. The maximum Gasteiger partial charge on any atom is 0.230 e. The van der Waals surface area contributed by atoms with E-state index in [1.165, 1.54) is 0 Å². The number of carbonyl (C=O) groups is 1. The maximum absolute atomic E-state index is 11.7. The van der Waals surface area contributed by atoms with E-state index in [4.69, 9.17) is 0 Å². The molecule has 1 aliphatic heterocycles. The number of aromatic nitrogens is 2. The van der Waals surface area contributed by atoms with Gasteiger partial charge in [0.25, 0.3) is 0 Å². The van der Waals surface area contributed by atoms with Crippen LogP contribution in [0.15, 0.2) is 0 Å². The Morgan fingerprint density at radius 3 is 2.71 bits per heavy atom. The molecule has 6 heteroatoms. The minimum Gasteiger partial charge on any atom is -0.286 e. The highest BCUT2D eigenvalue weighted by Crippen LogP contribution is 2.32. The summed E-state index contributed by atoms with van der Waals surface area (Å²) in [6.07, 6.45) is 2.69. The molecule has 1 saturated heterocycles. The largest absolute Gasteiger partial charge is 0.286 e. The summed E-state index contributed by atoms with van der Waals surface area (Å²) in [5.41, 5.74) is 0. The molecule has 17 heavy (non-hydrogen) atoms. The Balaban J connectivity index is 2.15. The van der Waals surface area contributed by atoms with Gasteiger partial charge in [0.1, 0.15) is 5.01 Å². The van der Waals surface area contributed by atoms with E-state index in [9.17, 15) is 4.79 Å². The summed E-state index contributed by atoms with van der Waals surface area (Å²) < 4.78 is 0. The summed E-state index contributed by atoms with van der Waals surface area (Å²) in [4.78, 5) is 13.7. The number of carbonyl (C=O) groups excluding carboxylic acids is 1. The molecule has 0 spiro atoms. The number of alkyl halides is 1. The van der Waals surface area contributed by atoms with Gasteiger partial charge in [-0.15, -0.1) is 10.2 Å². The van der Waals surface area contributed by atoms with Crippen molar-refractivity contribution in [2.45, 2.75) is 43.9 Å². The highest BCUT2D eigenvalue weighted by Gasteiger charge is 2.31. The molecule has 0 radical (unpaired) electrons. The lowest BCUT2D eigenvalue weighted by molar-refractivity contribution is -0.117. The molecule has 2 heterocycles. The average molecular weight is 318 g/mol. The first-order chi connectivity index (χ1) is 8.15. The van der Waals surface area contributed by atoms with Crippen LogP contribution in [0.5, 0.6) is 0 Å². The lowest BCUT2D eigenvalue weighted by atomic mass is 10.1. The monoisotopic (exact) mass is 317 g/mol. The predicted molar refractivity (Wildman–Crippen MR) is 72.9 cm³/mol. The third kappa shape index (κ3) is 2.68. The molecule has 0 bridgehead atoms. The molecule has 1 aliphatic rings. The fourth-order valence-corrected chi connectivity index (χ4v) is 3.69. The summed E-state index contributed by atoms with van der Waals surface area (Å²) >= 11 is 5.03. The van der Waals surface area contributed by atoms with E-state index in [0.29, 0.717) is 18.9 Å². The number of nitrogens with zero attached hydrogens (tertiary/aromatic N) is 3. The Labute approximate surface area is 114 Å². The van der Waals surface area contributed by atoms with Crippen LogP contribution in [0.4, 0.5) is 5.13 Å². The molecular weight excluding hydrogens is 302 g/mol. The molecule has 1 unspecified atom stereocenters. The number of halogens is 1. The fraction of sp³-hybridized carbons (Fsp3) is 0.727. The molecule has 0 aromatic carbocycles. The van der Waals surface area contributed by atoms with Crippen LogP contribution in [0, 0.1) is 0 Å². The molecule has 1 fully saturated rings. The Kier molecular flexibility index (Phi) is 4.14. The molecule has 2 rings (SSSR count). The minimum atomic E-state index is 0.138. The molecule has 4 nitrogen and oxygen atoms in total. The zero-order valence-electron chi connectivity index (χ0n) is 10.0. The summed E-state index contributed by atoms with van der Waals surface area (Å²) in [6.45, 7) is 5.02. The van der Waals surface area contributed by atoms with E-state index >= 15 is 0 Å². The Bertz CT molecular complexity index is 405. The maximum atomic E-state index is 11.7. The second-order valence-corrected chi connectivity index (χ2v) is 6.52. The van der Waals surface area contributed by atoms with Gasteiger partial charge >= 0.3 is 0 Å². The van der Waals surface area contributed by atoms with E-state index in [1.54, 1.807) is 16.2 Å². The number of rotatable bonds is 4. The van der Waals surface area contributed by atoms with Crippen LogP contribution >= 0.6 is 27.3 Å². The molecule has 1 aromatic rings. The van der Waals surface area contributed by atoms with Crippen molar-refractivity contribution in [1.29, 1.82) is 0 Å². The second kappa shape index (κ2) is 5.44. The van der Waals surface area contributed by atoms with Gasteiger partial charge in [-0.1, -0.05) is 41.1 Å². The zero-order chi connectivity index (χ0) is 12.4. The van der Waals surface area contributed by atoms with E-state index in [1.807, 2.05) is 0 Å². The van der Waals surface area contributed by atoms with Gasteiger partial charge in [-0.05, 0) is 12.8 Å². The van der Waals surface area contributed by atoms with Crippen molar-refractivity contribution in [3.63, 3.8) is 0 Å². The van der Waals surface area contributed by atoms with Crippen LogP contribution in [-0.2, 0) is 4.79 Å². The number of hydrogen-bond donors (Lipinski definition) is 0. The van der Waals surface area contributed by atoms with Crippen molar-refractivity contribution in [3.8, 4) is 0 Å². The van der Waals surface area contributed by atoms with Gasteiger partial charge in [0.15, 0.2) is 0 Å². The van der Waals surface area contributed by atoms with Crippen LogP contribution in [0.1, 0.15) is 44.0 Å². The van der Waals surface area contributed by atoms with Crippen LogP contribution < -0.4 is 4.90 Å². The van der Waals surface area contributed by atoms with Gasteiger partial charge in [0, 0.05) is 23.7 Å². The summed E-state index contributed by atoms with van der Waals surface area (Å²) in [7, 11) is 0. The van der Waals surface area contributed by atoms with Crippen LogP contribution in [0.3, 0.4) is 0 Å². The summed E-state index contributed by atoms with van der Waals surface area (Å²) in [5.74, 6) is 0.609. The molecule has 94 valence electrons. The van der Waals surface area contributed by atoms with Crippen molar-refractivity contribution in [2.75, 3.05) is 11.4 Å². The Morgan fingerprint density at radius 2 is 2.18 bits per heavy atom. The van der Waals surface area contributed by atoms with Gasteiger partial charge < -0.3 is 0 Å². The Morgan fingerprint density at radius 1 is 1.47 bits per heavy atom. The third-order valence-corrected chi connectivity index (χ3v) is 4.80. The highest BCUT2D eigenvalue weighted by molar-refractivity contribution is 9.09. The smallest absolute Gasteiger partial charge is 0.230 e. The first kappa shape index (κ1) is 13.0.